The number of hydrogen-bond acceptors (Lipinski definition) is 4. The molecule has 4 heteroatoms. The molecule has 52 heavy (non-hydrogen) atoms. The van der Waals surface area contributed by atoms with Crippen LogP contribution in [0.15, 0.2) is 168 Å². The van der Waals surface area contributed by atoms with Crippen LogP contribution in [0.5, 0.6) is 0 Å². The van der Waals surface area contributed by atoms with Crippen LogP contribution in [0, 0.1) is 0 Å². The number of allylic oxidation sites excluding steroid dienone is 10. The van der Waals surface area contributed by atoms with Crippen LogP contribution in [0.2, 0.25) is 0 Å². The number of para-hydroxylation sites is 1. The Labute approximate surface area is 304 Å². The van der Waals surface area contributed by atoms with Crippen LogP contribution < -0.4 is 0 Å². The van der Waals surface area contributed by atoms with Crippen LogP contribution in [0.4, 0.5) is 0 Å². The van der Waals surface area contributed by atoms with Gasteiger partial charge in [0.1, 0.15) is 11.2 Å². The van der Waals surface area contributed by atoms with Crippen molar-refractivity contribution in [1.82, 2.24) is 15.0 Å². The van der Waals surface area contributed by atoms with E-state index < -0.39 is 0 Å². The summed E-state index contributed by atoms with van der Waals surface area (Å²) in [5.74, 6) is 1.88. The monoisotopic (exact) mass is 673 g/mol. The highest BCUT2D eigenvalue weighted by Crippen LogP contribution is 2.43. The summed E-state index contributed by atoms with van der Waals surface area (Å²) in [6, 6.07) is 35.7. The van der Waals surface area contributed by atoms with Gasteiger partial charge in [-0.2, -0.15) is 0 Å². The Balaban J connectivity index is 1.36. The average molecular weight is 674 g/mol. The van der Waals surface area contributed by atoms with Gasteiger partial charge in [-0.25, -0.2) is 15.0 Å². The normalized spacial score (nSPS) is 16.5. The first-order chi connectivity index (χ1) is 25.6. The van der Waals surface area contributed by atoms with E-state index in [0.717, 1.165) is 61.6 Å². The Kier molecular flexibility index (Phi) is 8.88. The molecular weight excluding hydrogens is 635 g/mol. The quantitative estimate of drug-likeness (QED) is 0.151. The van der Waals surface area contributed by atoms with E-state index in [1.165, 1.54) is 10.9 Å². The summed E-state index contributed by atoms with van der Waals surface area (Å²) in [5, 5.41) is 4.32. The van der Waals surface area contributed by atoms with Crippen LogP contribution in [-0.4, -0.2) is 15.0 Å². The second-order valence-corrected chi connectivity index (χ2v) is 13.3. The zero-order valence-electron chi connectivity index (χ0n) is 29.6. The summed E-state index contributed by atoms with van der Waals surface area (Å²) in [7, 11) is 0. The van der Waals surface area contributed by atoms with Crippen molar-refractivity contribution in [1.29, 1.82) is 0 Å². The third-order valence-corrected chi connectivity index (χ3v) is 9.80. The zero-order chi connectivity index (χ0) is 35.5. The van der Waals surface area contributed by atoms with Crippen LogP contribution in [0.25, 0.3) is 67.1 Å². The first-order valence-corrected chi connectivity index (χ1v) is 17.8. The molecule has 1 aliphatic carbocycles. The molecule has 0 radical (unpaired) electrons. The molecule has 1 aliphatic rings. The van der Waals surface area contributed by atoms with E-state index in [4.69, 9.17) is 19.4 Å². The number of hydrogen-bond donors (Lipinski definition) is 0. The predicted molar refractivity (Wildman–Crippen MR) is 218 cm³/mol. The number of fused-ring (bicyclic) bond motifs is 5. The van der Waals surface area contributed by atoms with Gasteiger partial charge in [0.05, 0.1) is 0 Å². The first-order valence-electron chi connectivity index (χ1n) is 17.8. The van der Waals surface area contributed by atoms with Gasteiger partial charge in [0, 0.05) is 32.9 Å². The van der Waals surface area contributed by atoms with E-state index in [2.05, 4.69) is 122 Å². The fourth-order valence-corrected chi connectivity index (χ4v) is 7.21. The third kappa shape index (κ3) is 6.13. The minimum atomic E-state index is -0.166. The van der Waals surface area contributed by atoms with Crippen molar-refractivity contribution in [2.24, 2.45) is 0 Å². The van der Waals surface area contributed by atoms with Crippen molar-refractivity contribution >= 4 is 44.4 Å². The Morgan fingerprint density at radius 2 is 1.31 bits per heavy atom. The molecule has 4 nitrogen and oxygen atoms in total. The maximum atomic E-state index is 6.30. The van der Waals surface area contributed by atoms with Crippen molar-refractivity contribution in [3.8, 4) is 22.8 Å². The smallest absolute Gasteiger partial charge is 0.164 e. The lowest BCUT2D eigenvalue weighted by atomic mass is 9.71. The third-order valence-electron chi connectivity index (χ3n) is 9.80. The van der Waals surface area contributed by atoms with Gasteiger partial charge in [0.2, 0.25) is 0 Å². The van der Waals surface area contributed by atoms with E-state index in [9.17, 15) is 0 Å². The Hall–Kier alpha value is -6.39. The number of benzene rings is 5. The summed E-state index contributed by atoms with van der Waals surface area (Å²) < 4.78 is 6.30. The molecule has 0 fully saturated rings. The molecule has 2 aromatic heterocycles. The average Bonchev–Trinajstić information content (AvgIpc) is 3.57. The molecule has 2 heterocycles. The van der Waals surface area contributed by atoms with Crippen LogP contribution in [-0.2, 0) is 5.41 Å². The fraction of sp³-hybridized carbons (Fsp3) is 0.104. The summed E-state index contributed by atoms with van der Waals surface area (Å²) in [4.78, 5) is 15.8. The highest BCUT2D eigenvalue weighted by Gasteiger charge is 2.31. The largest absolute Gasteiger partial charge is 0.456 e. The topological polar surface area (TPSA) is 51.8 Å². The number of furan rings is 1. The molecule has 1 unspecified atom stereocenters. The van der Waals surface area contributed by atoms with Crippen LogP contribution in [0.3, 0.4) is 0 Å². The molecule has 0 saturated heterocycles. The van der Waals surface area contributed by atoms with Gasteiger partial charge >= 0.3 is 0 Å². The second kappa shape index (κ2) is 14.1. The molecule has 0 spiro atoms. The van der Waals surface area contributed by atoms with E-state index in [1.54, 1.807) is 0 Å². The lowest BCUT2D eigenvalue weighted by Gasteiger charge is -2.32. The second-order valence-electron chi connectivity index (χ2n) is 13.3. The fourth-order valence-electron chi connectivity index (χ4n) is 7.21. The van der Waals surface area contributed by atoms with Gasteiger partial charge in [-0.05, 0) is 72.0 Å². The minimum Gasteiger partial charge on any atom is -0.456 e. The Morgan fingerprint density at radius 1 is 0.615 bits per heavy atom. The summed E-state index contributed by atoms with van der Waals surface area (Å²) in [5.41, 5.74) is 7.79. The van der Waals surface area contributed by atoms with E-state index in [0.29, 0.717) is 17.5 Å². The molecule has 0 amide bonds. The van der Waals surface area contributed by atoms with E-state index >= 15 is 0 Å². The van der Waals surface area contributed by atoms with Gasteiger partial charge < -0.3 is 4.42 Å². The lowest BCUT2D eigenvalue weighted by Crippen LogP contribution is -2.24. The standard InChI is InChI=1S/C48H39N3O/c1-4-6-8-9-10-19-33-31-35(32-34-20-11-12-21-36(33)34)45-49-46(38-28-30-48(3,29-17-7-5-2)41-25-15-13-22-37(38)41)51-47(50-45)40-24-18-27-43-44(40)39-23-14-16-26-42(39)52-43/h4-29,31-32H,30H2,1-3H3/b6-4-,7-5-,9-8-,19-10+,29-17-. The SMILES string of the molecule is C\C=C/C=C\C=C\c1cc(-c2nc(C3=CCC(C)(/C=C\C=C/C)c4ccccc43)nc(-c3cccc4oc5ccccc5c34)n2)cc2ccccc12. The summed E-state index contributed by atoms with van der Waals surface area (Å²) in [6.45, 7) is 6.35. The molecule has 5 aromatic carbocycles. The van der Waals surface area contributed by atoms with Crippen LogP contribution in [0.1, 0.15) is 49.7 Å². The van der Waals surface area contributed by atoms with Crippen molar-refractivity contribution in [2.75, 3.05) is 0 Å². The van der Waals surface area contributed by atoms with Crippen molar-refractivity contribution in [2.45, 2.75) is 32.6 Å². The van der Waals surface area contributed by atoms with Gasteiger partial charge in [0.15, 0.2) is 17.5 Å². The zero-order valence-corrected chi connectivity index (χ0v) is 29.6. The highest BCUT2D eigenvalue weighted by molar-refractivity contribution is 6.11. The van der Waals surface area contributed by atoms with Gasteiger partial charge in [-0.15, -0.1) is 0 Å². The van der Waals surface area contributed by atoms with Gasteiger partial charge in [0.25, 0.3) is 0 Å². The van der Waals surface area contributed by atoms with Crippen molar-refractivity contribution in [3.63, 3.8) is 0 Å². The number of rotatable bonds is 8. The number of nitrogens with zero attached hydrogens (tertiary/aromatic N) is 3. The molecule has 0 bridgehead atoms. The maximum Gasteiger partial charge on any atom is 0.164 e. The van der Waals surface area contributed by atoms with E-state index in [1.807, 2.05) is 68.5 Å². The van der Waals surface area contributed by atoms with Crippen molar-refractivity contribution in [3.05, 3.63) is 186 Å². The molecule has 0 N–H and O–H groups in total. The van der Waals surface area contributed by atoms with E-state index in [-0.39, 0.29) is 5.41 Å². The van der Waals surface area contributed by atoms with Gasteiger partial charge in [-0.1, -0.05) is 153 Å². The molecule has 252 valence electrons. The molecule has 8 rings (SSSR count). The van der Waals surface area contributed by atoms with Gasteiger partial charge in [-0.3, -0.25) is 0 Å². The van der Waals surface area contributed by atoms with Crippen LogP contribution >= 0.6 is 0 Å². The molecular formula is C48H39N3O. The molecule has 0 aliphatic heterocycles. The highest BCUT2D eigenvalue weighted by atomic mass is 16.3. The molecule has 1 atom stereocenters. The summed E-state index contributed by atoms with van der Waals surface area (Å²) in [6.07, 6.45) is 24.0. The maximum absolute atomic E-state index is 6.30. The molecule has 0 saturated carbocycles. The Morgan fingerprint density at radius 3 is 2.19 bits per heavy atom. The molecule has 7 aromatic rings. The first kappa shape index (κ1) is 32.8. The van der Waals surface area contributed by atoms with Crippen molar-refractivity contribution < 1.29 is 4.42 Å². The lowest BCUT2D eigenvalue weighted by molar-refractivity contribution is 0.596. The minimum absolute atomic E-state index is 0.166. The Bertz CT molecular complexity index is 2650. The predicted octanol–water partition coefficient (Wildman–Crippen LogP) is 12.6. The number of aromatic nitrogens is 3. The summed E-state index contributed by atoms with van der Waals surface area (Å²) >= 11 is 0.